The maximum atomic E-state index is 13.5. The molecule has 21 heavy (non-hydrogen) atoms. The number of halogens is 2. The molecule has 0 spiro atoms. The van der Waals surface area contributed by atoms with Gasteiger partial charge in [-0.1, -0.05) is 19.3 Å². The van der Waals surface area contributed by atoms with Crippen molar-refractivity contribution in [1.29, 1.82) is 0 Å². The van der Waals surface area contributed by atoms with Crippen molar-refractivity contribution in [2.24, 2.45) is 0 Å². The summed E-state index contributed by atoms with van der Waals surface area (Å²) in [5.74, 6) is -1.95. The van der Waals surface area contributed by atoms with Crippen molar-refractivity contribution >= 4 is 5.97 Å². The van der Waals surface area contributed by atoms with E-state index in [9.17, 15) is 13.6 Å². The lowest BCUT2D eigenvalue weighted by Gasteiger charge is -2.35. The second kappa shape index (κ2) is 6.52. The van der Waals surface area contributed by atoms with Crippen LogP contribution in [0.15, 0.2) is 18.2 Å². The largest absolute Gasteiger partial charge is 0.467 e. The highest BCUT2D eigenvalue weighted by molar-refractivity contribution is 5.82. The molecular formula is C16H21F2NO2. The number of carbonyl (C=O) groups excluding carboxylic acids is 1. The van der Waals surface area contributed by atoms with Crippen LogP contribution in [0.4, 0.5) is 8.78 Å². The molecule has 1 aromatic carbocycles. The van der Waals surface area contributed by atoms with Crippen molar-refractivity contribution < 1.29 is 18.3 Å². The minimum absolute atomic E-state index is 0.147. The highest BCUT2D eigenvalue weighted by Crippen LogP contribution is 2.28. The van der Waals surface area contributed by atoms with Crippen LogP contribution in [0.1, 0.15) is 44.6 Å². The van der Waals surface area contributed by atoms with Crippen molar-refractivity contribution in [3.05, 3.63) is 35.4 Å². The summed E-state index contributed by atoms with van der Waals surface area (Å²) < 4.78 is 31.8. The first kappa shape index (κ1) is 15.9. The molecule has 0 bridgehead atoms. The fourth-order valence-electron chi connectivity index (χ4n) is 2.96. The Morgan fingerprint density at radius 2 is 1.76 bits per heavy atom. The van der Waals surface area contributed by atoms with Gasteiger partial charge in [0, 0.05) is 12.1 Å². The van der Waals surface area contributed by atoms with Crippen molar-refractivity contribution in [2.45, 2.75) is 50.6 Å². The van der Waals surface area contributed by atoms with Crippen LogP contribution in [0.3, 0.4) is 0 Å². The fraction of sp³-hybridized carbons (Fsp3) is 0.562. The second-order valence-electron chi connectivity index (χ2n) is 5.75. The number of ether oxygens (including phenoxy) is 1. The minimum atomic E-state index is -1.25. The Bertz CT molecular complexity index is 495. The van der Waals surface area contributed by atoms with Crippen LogP contribution in [-0.4, -0.2) is 19.1 Å². The van der Waals surface area contributed by atoms with Crippen molar-refractivity contribution in [1.82, 2.24) is 5.32 Å². The average molecular weight is 297 g/mol. The summed E-state index contributed by atoms with van der Waals surface area (Å²) >= 11 is 0. The summed E-state index contributed by atoms with van der Waals surface area (Å²) in [6, 6.07) is 3.29. The van der Waals surface area contributed by atoms with E-state index < -0.39 is 23.1 Å². The zero-order chi connectivity index (χ0) is 15.5. The second-order valence-corrected chi connectivity index (χ2v) is 5.75. The number of carbonyl (C=O) groups is 1. The number of methoxy groups -OCH3 is 1. The predicted molar refractivity (Wildman–Crippen MR) is 75.7 cm³/mol. The molecule has 3 nitrogen and oxygen atoms in total. The van der Waals surface area contributed by atoms with E-state index in [2.05, 4.69) is 5.32 Å². The molecule has 116 valence electrons. The molecule has 1 saturated carbocycles. The Morgan fingerprint density at radius 3 is 2.29 bits per heavy atom. The molecule has 5 heteroatoms. The van der Waals surface area contributed by atoms with Crippen LogP contribution in [0.5, 0.6) is 0 Å². The summed E-state index contributed by atoms with van der Waals surface area (Å²) in [6.07, 6.45) is 5.26. The zero-order valence-corrected chi connectivity index (χ0v) is 12.4. The third-order valence-electron chi connectivity index (χ3n) is 4.13. The third kappa shape index (κ3) is 3.59. The lowest BCUT2D eigenvalue weighted by atomic mass is 9.87. The molecule has 0 aliphatic heterocycles. The summed E-state index contributed by atoms with van der Waals surface area (Å²) in [5.41, 5.74) is -1.00. The van der Waals surface area contributed by atoms with Gasteiger partial charge in [0.25, 0.3) is 0 Å². The lowest BCUT2D eigenvalue weighted by Crippen LogP contribution is -2.52. The Balaban J connectivity index is 2.33. The molecular weight excluding hydrogens is 276 g/mol. The maximum absolute atomic E-state index is 13.5. The molecule has 1 aromatic rings. The number of rotatable bonds is 4. The molecule has 0 radical (unpaired) electrons. The molecule has 1 unspecified atom stereocenters. The molecule has 1 N–H and O–H groups in total. The highest BCUT2D eigenvalue weighted by Gasteiger charge is 2.39. The van der Waals surface area contributed by atoms with Gasteiger partial charge in [-0.05, 0) is 37.5 Å². The summed E-state index contributed by atoms with van der Waals surface area (Å²) in [6.45, 7) is 1.61. The van der Waals surface area contributed by atoms with Crippen molar-refractivity contribution in [2.75, 3.05) is 7.11 Å². The first-order valence-electron chi connectivity index (χ1n) is 7.28. The monoisotopic (exact) mass is 297 g/mol. The Kier molecular flexibility index (Phi) is 4.93. The number of benzene rings is 1. The van der Waals surface area contributed by atoms with E-state index >= 15 is 0 Å². The van der Waals surface area contributed by atoms with Gasteiger partial charge in [-0.3, -0.25) is 5.32 Å². The summed E-state index contributed by atoms with van der Waals surface area (Å²) in [5, 5.41) is 3.25. The topological polar surface area (TPSA) is 38.3 Å². The number of esters is 1. The maximum Gasteiger partial charge on any atom is 0.330 e. The van der Waals surface area contributed by atoms with E-state index in [0.717, 1.165) is 31.7 Å². The highest BCUT2D eigenvalue weighted by atomic mass is 19.1. The van der Waals surface area contributed by atoms with Crippen LogP contribution < -0.4 is 5.32 Å². The van der Waals surface area contributed by atoms with Crippen LogP contribution in [0.25, 0.3) is 0 Å². The van der Waals surface area contributed by atoms with Gasteiger partial charge < -0.3 is 4.74 Å². The first-order chi connectivity index (χ1) is 9.95. The average Bonchev–Trinajstić information content (AvgIpc) is 2.46. The van der Waals surface area contributed by atoms with Gasteiger partial charge in [0.1, 0.15) is 17.2 Å². The minimum Gasteiger partial charge on any atom is -0.467 e. The van der Waals surface area contributed by atoms with E-state index in [1.54, 1.807) is 6.92 Å². The molecule has 1 atom stereocenters. The fourth-order valence-corrected chi connectivity index (χ4v) is 2.96. The smallest absolute Gasteiger partial charge is 0.330 e. The lowest BCUT2D eigenvalue weighted by molar-refractivity contribution is -0.149. The van der Waals surface area contributed by atoms with Crippen molar-refractivity contribution in [3.63, 3.8) is 0 Å². The Labute approximate surface area is 123 Å². The molecule has 0 amide bonds. The summed E-state index contributed by atoms with van der Waals surface area (Å²) in [4.78, 5) is 12.2. The van der Waals surface area contributed by atoms with Gasteiger partial charge in [0.05, 0.1) is 7.11 Å². The third-order valence-corrected chi connectivity index (χ3v) is 4.13. The standard InChI is InChI=1S/C16H21F2NO2/c1-16(15(20)21-2,19-14-6-4-3-5-7-14)11-8-12(17)10-13(18)9-11/h8-10,14,19H,3-7H2,1-2H3. The van der Waals surface area contributed by atoms with E-state index in [1.165, 1.54) is 25.7 Å². The molecule has 0 saturated heterocycles. The van der Waals surface area contributed by atoms with Crippen LogP contribution in [-0.2, 0) is 15.1 Å². The normalized spacial score (nSPS) is 19.0. The molecule has 0 aromatic heterocycles. The van der Waals surface area contributed by atoms with Crippen LogP contribution >= 0.6 is 0 Å². The molecule has 1 aliphatic rings. The molecule has 1 aliphatic carbocycles. The van der Waals surface area contributed by atoms with Gasteiger partial charge in [0.2, 0.25) is 0 Å². The number of nitrogens with one attached hydrogen (secondary N) is 1. The SMILES string of the molecule is COC(=O)C(C)(NC1CCCCC1)c1cc(F)cc(F)c1. The molecule has 2 rings (SSSR count). The van der Waals surface area contributed by atoms with Gasteiger partial charge in [-0.2, -0.15) is 0 Å². The van der Waals surface area contributed by atoms with Gasteiger partial charge in [-0.25, -0.2) is 13.6 Å². The van der Waals surface area contributed by atoms with Crippen LogP contribution in [0.2, 0.25) is 0 Å². The Hall–Kier alpha value is -1.49. The number of hydrogen-bond acceptors (Lipinski definition) is 3. The van der Waals surface area contributed by atoms with E-state index in [4.69, 9.17) is 4.74 Å². The van der Waals surface area contributed by atoms with Crippen molar-refractivity contribution in [3.8, 4) is 0 Å². The summed E-state index contributed by atoms with van der Waals surface area (Å²) in [7, 11) is 1.28. The zero-order valence-electron chi connectivity index (χ0n) is 12.4. The number of hydrogen-bond donors (Lipinski definition) is 1. The van der Waals surface area contributed by atoms with Gasteiger partial charge in [-0.15, -0.1) is 0 Å². The quantitative estimate of drug-likeness (QED) is 0.867. The molecule has 0 heterocycles. The van der Waals surface area contributed by atoms with E-state index in [1.807, 2.05) is 0 Å². The Morgan fingerprint density at radius 1 is 1.19 bits per heavy atom. The van der Waals surface area contributed by atoms with Crippen LogP contribution in [0, 0.1) is 11.6 Å². The predicted octanol–water partition coefficient (Wildman–Crippen LogP) is 3.28. The van der Waals surface area contributed by atoms with Gasteiger partial charge >= 0.3 is 5.97 Å². The molecule has 1 fully saturated rings. The van der Waals surface area contributed by atoms with E-state index in [-0.39, 0.29) is 11.6 Å². The van der Waals surface area contributed by atoms with E-state index in [0.29, 0.717) is 0 Å². The van der Waals surface area contributed by atoms with Gasteiger partial charge in [0.15, 0.2) is 0 Å². The first-order valence-corrected chi connectivity index (χ1v) is 7.28.